The predicted octanol–water partition coefficient (Wildman–Crippen LogP) is 3.11. The number of carbonyl (C=O) groups excluding carboxylic acids is 1. The minimum Gasteiger partial charge on any atom is -0.337 e. The average Bonchev–Trinajstić information content (AvgIpc) is 2.50. The van der Waals surface area contributed by atoms with Crippen molar-refractivity contribution < 1.29 is 4.79 Å². The lowest BCUT2D eigenvalue weighted by Gasteiger charge is -2.32. The van der Waals surface area contributed by atoms with Crippen molar-refractivity contribution in [2.24, 2.45) is 0 Å². The molecular formula is C17H22ClN3O. The Hall–Kier alpha value is -1.57. The highest BCUT2D eigenvalue weighted by atomic mass is 35.5. The van der Waals surface area contributed by atoms with Crippen molar-refractivity contribution in [2.45, 2.75) is 44.2 Å². The molecule has 22 heavy (non-hydrogen) atoms. The second kappa shape index (κ2) is 7.62. The number of halogens is 1. The van der Waals surface area contributed by atoms with Crippen LogP contribution < -0.4 is 5.32 Å². The fraction of sp³-hybridized carbons (Fsp3) is 0.529. The molecule has 5 heteroatoms. The zero-order chi connectivity index (χ0) is 16.0. The minimum atomic E-state index is -0.666. The predicted molar refractivity (Wildman–Crippen MR) is 87.4 cm³/mol. The van der Waals surface area contributed by atoms with E-state index in [-0.39, 0.29) is 12.5 Å². The first-order valence-electron chi connectivity index (χ1n) is 7.69. The van der Waals surface area contributed by atoms with Crippen molar-refractivity contribution in [3.63, 3.8) is 0 Å². The highest BCUT2D eigenvalue weighted by Crippen LogP contribution is 2.27. The zero-order valence-electron chi connectivity index (χ0n) is 12.9. The van der Waals surface area contributed by atoms with Gasteiger partial charge < -0.3 is 5.32 Å². The van der Waals surface area contributed by atoms with Crippen molar-refractivity contribution in [1.29, 1.82) is 5.26 Å². The van der Waals surface area contributed by atoms with Crippen LogP contribution in [0.4, 0.5) is 0 Å². The molecule has 0 heterocycles. The number of rotatable bonds is 5. The van der Waals surface area contributed by atoms with Crippen molar-refractivity contribution >= 4 is 17.5 Å². The highest BCUT2D eigenvalue weighted by Gasteiger charge is 2.33. The van der Waals surface area contributed by atoms with Crippen LogP contribution in [0.25, 0.3) is 0 Å². The van der Waals surface area contributed by atoms with Crippen LogP contribution in [-0.4, -0.2) is 29.9 Å². The van der Waals surface area contributed by atoms with Gasteiger partial charge in [-0.25, -0.2) is 0 Å². The Morgan fingerprint density at radius 2 is 2.05 bits per heavy atom. The summed E-state index contributed by atoms with van der Waals surface area (Å²) >= 11 is 6.13. The average molecular weight is 320 g/mol. The Bertz CT molecular complexity index is 561. The first kappa shape index (κ1) is 16.8. The van der Waals surface area contributed by atoms with Crippen LogP contribution in [0.15, 0.2) is 24.3 Å². The molecule has 0 spiro atoms. The Kier molecular flexibility index (Phi) is 5.82. The number of likely N-dealkylation sites (N-methyl/N-ethyl adjacent to an activating group) is 1. The number of hydrogen-bond donors (Lipinski definition) is 1. The smallest absolute Gasteiger partial charge is 0.235 e. The van der Waals surface area contributed by atoms with Gasteiger partial charge in [0.1, 0.15) is 5.54 Å². The van der Waals surface area contributed by atoms with E-state index in [2.05, 4.69) is 11.4 Å². The standard InChI is InChI=1S/C17H22ClN3O/c1-21(11-14-7-3-4-8-15(14)18)12-16(22)20-17(13-19)9-5-2-6-10-17/h3-4,7-8H,2,5-6,9-12H2,1H3,(H,20,22). The van der Waals surface area contributed by atoms with Crippen molar-refractivity contribution in [3.05, 3.63) is 34.9 Å². The van der Waals surface area contributed by atoms with Gasteiger partial charge in [0.05, 0.1) is 12.6 Å². The molecule has 1 amide bonds. The van der Waals surface area contributed by atoms with Crippen LogP contribution in [0.3, 0.4) is 0 Å². The molecule has 1 aliphatic rings. The molecule has 0 atom stereocenters. The molecule has 1 aliphatic carbocycles. The van der Waals surface area contributed by atoms with Crippen LogP contribution in [0, 0.1) is 11.3 Å². The summed E-state index contributed by atoms with van der Waals surface area (Å²) in [5.41, 5.74) is 0.327. The lowest BCUT2D eigenvalue weighted by molar-refractivity contribution is -0.123. The molecule has 1 aromatic carbocycles. The zero-order valence-corrected chi connectivity index (χ0v) is 13.7. The monoisotopic (exact) mass is 319 g/mol. The Morgan fingerprint density at radius 1 is 1.36 bits per heavy atom. The second-order valence-electron chi connectivity index (χ2n) is 6.07. The first-order chi connectivity index (χ1) is 10.5. The van der Waals surface area contributed by atoms with Crippen molar-refractivity contribution in [1.82, 2.24) is 10.2 Å². The molecule has 0 saturated heterocycles. The fourth-order valence-corrected chi connectivity index (χ4v) is 3.14. The van der Waals surface area contributed by atoms with E-state index in [9.17, 15) is 10.1 Å². The van der Waals surface area contributed by atoms with E-state index in [1.807, 2.05) is 36.2 Å². The summed E-state index contributed by atoms with van der Waals surface area (Å²) in [6.07, 6.45) is 4.66. The van der Waals surface area contributed by atoms with Gasteiger partial charge >= 0.3 is 0 Å². The maximum Gasteiger partial charge on any atom is 0.235 e. The molecule has 2 rings (SSSR count). The van der Waals surface area contributed by atoms with E-state index in [0.29, 0.717) is 11.6 Å². The first-order valence-corrected chi connectivity index (χ1v) is 8.07. The molecule has 1 fully saturated rings. The Morgan fingerprint density at radius 3 is 2.68 bits per heavy atom. The third kappa shape index (κ3) is 4.46. The molecule has 1 N–H and O–H groups in total. The van der Waals surface area contributed by atoms with Crippen LogP contribution >= 0.6 is 11.6 Å². The van der Waals surface area contributed by atoms with E-state index >= 15 is 0 Å². The molecule has 0 radical (unpaired) electrons. The van der Waals surface area contributed by atoms with Gasteiger partial charge in [0, 0.05) is 11.6 Å². The largest absolute Gasteiger partial charge is 0.337 e. The van der Waals surface area contributed by atoms with E-state index < -0.39 is 5.54 Å². The lowest BCUT2D eigenvalue weighted by Crippen LogP contribution is -2.51. The third-order valence-corrected chi connectivity index (χ3v) is 4.48. The normalized spacial score (nSPS) is 17.0. The molecule has 0 aliphatic heterocycles. The van der Waals surface area contributed by atoms with Gasteiger partial charge in [0.25, 0.3) is 0 Å². The summed E-state index contributed by atoms with van der Waals surface area (Å²) in [5.74, 6) is -0.0991. The maximum atomic E-state index is 12.2. The van der Waals surface area contributed by atoms with Crippen molar-refractivity contribution in [3.8, 4) is 6.07 Å². The van der Waals surface area contributed by atoms with Crippen LogP contribution in [0.1, 0.15) is 37.7 Å². The van der Waals surface area contributed by atoms with Crippen LogP contribution in [0.2, 0.25) is 5.02 Å². The number of amides is 1. The van der Waals surface area contributed by atoms with E-state index in [1.54, 1.807) is 0 Å². The molecule has 1 aromatic rings. The topological polar surface area (TPSA) is 56.1 Å². The highest BCUT2D eigenvalue weighted by molar-refractivity contribution is 6.31. The van der Waals surface area contributed by atoms with Crippen LogP contribution in [0.5, 0.6) is 0 Å². The van der Waals surface area contributed by atoms with Gasteiger partial charge in [-0.05, 0) is 31.5 Å². The summed E-state index contributed by atoms with van der Waals surface area (Å²) < 4.78 is 0. The number of nitriles is 1. The number of benzene rings is 1. The van der Waals surface area contributed by atoms with Gasteiger partial charge in [0.2, 0.25) is 5.91 Å². The maximum absolute atomic E-state index is 12.2. The summed E-state index contributed by atoms with van der Waals surface area (Å²) in [6.45, 7) is 0.862. The van der Waals surface area contributed by atoms with Crippen LogP contribution in [-0.2, 0) is 11.3 Å². The molecule has 0 bridgehead atoms. The number of hydrogen-bond acceptors (Lipinski definition) is 3. The van der Waals surface area contributed by atoms with E-state index in [1.165, 1.54) is 0 Å². The van der Waals surface area contributed by atoms with E-state index in [0.717, 1.165) is 37.7 Å². The molecule has 0 aromatic heterocycles. The minimum absolute atomic E-state index is 0.0991. The Balaban J connectivity index is 1.88. The number of carbonyl (C=O) groups is 1. The van der Waals surface area contributed by atoms with Crippen molar-refractivity contribution in [2.75, 3.05) is 13.6 Å². The van der Waals surface area contributed by atoms with Gasteiger partial charge in [0.15, 0.2) is 0 Å². The lowest BCUT2D eigenvalue weighted by atomic mass is 9.83. The summed E-state index contributed by atoms with van der Waals surface area (Å²) in [7, 11) is 1.88. The second-order valence-corrected chi connectivity index (χ2v) is 6.47. The van der Waals surface area contributed by atoms with Gasteiger partial charge in [-0.3, -0.25) is 9.69 Å². The summed E-state index contributed by atoms with van der Waals surface area (Å²) in [5, 5.41) is 13.0. The SMILES string of the molecule is CN(CC(=O)NC1(C#N)CCCCC1)Cc1ccccc1Cl. The Labute approximate surface area is 137 Å². The van der Waals surface area contributed by atoms with Gasteiger partial charge in [-0.2, -0.15) is 5.26 Å². The molecular weight excluding hydrogens is 298 g/mol. The quantitative estimate of drug-likeness (QED) is 0.907. The number of nitrogens with zero attached hydrogens (tertiary/aromatic N) is 2. The number of nitrogens with one attached hydrogen (secondary N) is 1. The van der Waals surface area contributed by atoms with Gasteiger partial charge in [-0.15, -0.1) is 0 Å². The third-order valence-electron chi connectivity index (χ3n) is 4.11. The summed E-state index contributed by atoms with van der Waals surface area (Å²) in [6, 6.07) is 9.93. The molecule has 4 nitrogen and oxygen atoms in total. The molecule has 118 valence electrons. The fourth-order valence-electron chi connectivity index (χ4n) is 2.94. The van der Waals surface area contributed by atoms with E-state index in [4.69, 9.17) is 11.6 Å². The summed E-state index contributed by atoms with van der Waals surface area (Å²) in [4.78, 5) is 14.1. The van der Waals surface area contributed by atoms with Gasteiger partial charge in [-0.1, -0.05) is 49.1 Å². The molecule has 0 unspecified atom stereocenters. The molecule has 1 saturated carbocycles.